The number of ether oxygens (including phenoxy) is 3. The monoisotopic (exact) mass is 1150 g/mol. The van der Waals surface area contributed by atoms with Crippen molar-refractivity contribution in [2.24, 2.45) is 0 Å². The Kier molecular flexibility index (Phi) is 69.5. The van der Waals surface area contributed by atoms with Crippen molar-refractivity contribution >= 4 is 17.9 Å². The fraction of sp³-hybridized carbons (Fsp3) is 0.908. The highest BCUT2D eigenvalue weighted by atomic mass is 16.6. The summed E-state index contributed by atoms with van der Waals surface area (Å²) in [5.74, 6) is -0.844. The first-order chi connectivity index (χ1) is 40.5. The predicted octanol–water partition coefficient (Wildman–Crippen LogP) is 25.7. The van der Waals surface area contributed by atoms with Crippen LogP contribution >= 0.6 is 0 Å². The summed E-state index contributed by atoms with van der Waals surface area (Å²) in [6.45, 7) is 6.70. The van der Waals surface area contributed by atoms with E-state index in [-0.39, 0.29) is 31.1 Å². The maximum absolute atomic E-state index is 12.9. The van der Waals surface area contributed by atoms with Crippen molar-refractivity contribution in [2.75, 3.05) is 13.2 Å². The van der Waals surface area contributed by atoms with Crippen LogP contribution in [0.25, 0.3) is 0 Å². The molecule has 0 heterocycles. The van der Waals surface area contributed by atoms with Crippen molar-refractivity contribution in [3.63, 3.8) is 0 Å². The van der Waals surface area contributed by atoms with Gasteiger partial charge in [0.1, 0.15) is 13.2 Å². The van der Waals surface area contributed by atoms with Gasteiger partial charge in [0, 0.05) is 19.3 Å². The van der Waals surface area contributed by atoms with Crippen molar-refractivity contribution in [1.82, 2.24) is 0 Å². The Bertz CT molecular complexity index is 1320. The van der Waals surface area contributed by atoms with Gasteiger partial charge in [0.25, 0.3) is 0 Å². The van der Waals surface area contributed by atoms with Crippen LogP contribution in [0.2, 0.25) is 0 Å². The van der Waals surface area contributed by atoms with E-state index < -0.39 is 6.10 Å². The minimum atomic E-state index is -0.770. The molecule has 1 atom stereocenters. The van der Waals surface area contributed by atoms with Gasteiger partial charge >= 0.3 is 17.9 Å². The Labute approximate surface area is 513 Å². The number of rotatable bonds is 70. The van der Waals surface area contributed by atoms with Gasteiger partial charge < -0.3 is 14.2 Å². The molecule has 0 aromatic carbocycles. The highest BCUT2D eigenvalue weighted by Crippen LogP contribution is 2.19. The predicted molar refractivity (Wildman–Crippen MR) is 358 cm³/mol. The lowest BCUT2D eigenvalue weighted by molar-refractivity contribution is -0.167. The number of carbonyl (C=O) groups excluding carboxylic acids is 3. The molecule has 0 N–H and O–H groups in total. The van der Waals surface area contributed by atoms with Gasteiger partial charge in [-0.2, -0.15) is 0 Å². The summed E-state index contributed by atoms with van der Waals surface area (Å²) in [4.78, 5) is 38.4. The summed E-state index contributed by atoms with van der Waals surface area (Å²) in [7, 11) is 0. The highest BCUT2D eigenvalue weighted by Gasteiger charge is 2.20. The molecule has 484 valence electrons. The van der Waals surface area contributed by atoms with E-state index in [9.17, 15) is 14.4 Å². The molecule has 0 saturated heterocycles. The molecule has 0 aliphatic carbocycles. The van der Waals surface area contributed by atoms with Crippen LogP contribution in [-0.2, 0) is 28.6 Å². The second-order valence-corrected chi connectivity index (χ2v) is 25.6. The lowest BCUT2D eigenvalue weighted by Crippen LogP contribution is -2.30. The molecule has 0 rings (SSSR count). The van der Waals surface area contributed by atoms with Crippen molar-refractivity contribution < 1.29 is 28.6 Å². The maximum atomic E-state index is 12.9. The number of allylic oxidation sites excluding steroid dienone is 4. The molecule has 6 nitrogen and oxygen atoms in total. The Morgan fingerprint density at radius 3 is 0.610 bits per heavy atom. The van der Waals surface area contributed by atoms with Gasteiger partial charge in [0.2, 0.25) is 0 Å². The van der Waals surface area contributed by atoms with Gasteiger partial charge in [-0.05, 0) is 70.6 Å². The van der Waals surface area contributed by atoms with Crippen molar-refractivity contribution in [3.8, 4) is 0 Å². The van der Waals surface area contributed by atoms with E-state index in [1.165, 1.54) is 321 Å². The second-order valence-electron chi connectivity index (χ2n) is 25.6. The number of hydrogen-bond acceptors (Lipinski definition) is 6. The van der Waals surface area contributed by atoms with Gasteiger partial charge in [-0.15, -0.1) is 0 Å². The minimum absolute atomic E-state index is 0.0669. The average Bonchev–Trinajstić information content (AvgIpc) is 3.47. The first kappa shape index (κ1) is 79.9. The average molecular weight is 1150 g/mol. The first-order valence-electron chi connectivity index (χ1n) is 37.3. The fourth-order valence-electron chi connectivity index (χ4n) is 11.6. The number of esters is 3. The Morgan fingerprint density at radius 1 is 0.232 bits per heavy atom. The van der Waals surface area contributed by atoms with Crippen LogP contribution in [0, 0.1) is 0 Å². The summed E-state index contributed by atoms with van der Waals surface area (Å²) < 4.78 is 17.0. The Balaban J connectivity index is 4.05. The first-order valence-corrected chi connectivity index (χ1v) is 37.3. The molecular weight excluding hydrogens is 1010 g/mol. The zero-order valence-electron chi connectivity index (χ0n) is 55.8. The third kappa shape index (κ3) is 68.7. The molecule has 0 bridgehead atoms. The van der Waals surface area contributed by atoms with Crippen LogP contribution < -0.4 is 0 Å². The number of hydrogen-bond donors (Lipinski definition) is 0. The SMILES string of the molecule is CCCCCCC/C=C\CCCCCCCC(=O)OCC(COC(=O)CCCCCCCCCCCCCCCCCCCCCCCCC/C=C\CCCCCCCCCC)OC(=O)CCCCCCCCCCCCCCCCC. The van der Waals surface area contributed by atoms with E-state index >= 15 is 0 Å². The summed E-state index contributed by atoms with van der Waals surface area (Å²) in [6.07, 6.45) is 88.1. The summed E-state index contributed by atoms with van der Waals surface area (Å²) >= 11 is 0. The van der Waals surface area contributed by atoms with Crippen LogP contribution in [0.3, 0.4) is 0 Å². The molecule has 0 amide bonds. The molecule has 0 aliphatic rings. The van der Waals surface area contributed by atoms with Crippen LogP contribution in [-0.4, -0.2) is 37.2 Å². The minimum Gasteiger partial charge on any atom is -0.462 e. The largest absolute Gasteiger partial charge is 0.462 e. The topological polar surface area (TPSA) is 78.9 Å². The van der Waals surface area contributed by atoms with E-state index in [4.69, 9.17) is 14.2 Å². The third-order valence-electron chi connectivity index (χ3n) is 17.2. The molecule has 1 unspecified atom stereocenters. The van der Waals surface area contributed by atoms with Crippen molar-refractivity contribution in [1.29, 1.82) is 0 Å². The highest BCUT2D eigenvalue weighted by molar-refractivity contribution is 5.71. The summed E-state index contributed by atoms with van der Waals surface area (Å²) in [5, 5.41) is 0. The van der Waals surface area contributed by atoms with Crippen molar-refractivity contribution in [2.45, 2.75) is 431 Å². The molecule has 0 saturated carbocycles. The van der Waals surface area contributed by atoms with Gasteiger partial charge in [0.15, 0.2) is 6.10 Å². The molecule has 6 heteroatoms. The molecule has 0 fully saturated rings. The van der Waals surface area contributed by atoms with Gasteiger partial charge in [0.05, 0.1) is 0 Å². The normalized spacial score (nSPS) is 12.1. The summed E-state index contributed by atoms with van der Waals surface area (Å²) in [5.41, 5.74) is 0. The summed E-state index contributed by atoms with van der Waals surface area (Å²) in [6, 6.07) is 0. The van der Waals surface area contributed by atoms with Gasteiger partial charge in [-0.3, -0.25) is 14.4 Å². The Hall–Kier alpha value is -2.11. The van der Waals surface area contributed by atoms with E-state index in [0.717, 1.165) is 64.2 Å². The lowest BCUT2D eigenvalue weighted by atomic mass is 10.0. The molecule has 0 radical (unpaired) electrons. The van der Waals surface area contributed by atoms with Gasteiger partial charge in [-0.1, -0.05) is 360 Å². The van der Waals surface area contributed by atoms with E-state index in [1.807, 2.05) is 0 Å². The Morgan fingerprint density at radius 2 is 0.402 bits per heavy atom. The van der Waals surface area contributed by atoms with Crippen LogP contribution in [0.4, 0.5) is 0 Å². The van der Waals surface area contributed by atoms with Crippen LogP contribution in [0.1, 0.15) is 425 Å². The molecule has 82 heavy (non-hydrogen) atoms. The standard InChI is InChI=1S/C76H144O6/c1-4-7-10-13-16-19-22-25-28-29-30-31-32-33-34-35-36-37-38-39-40-41-42-43-44-45-46-47-49-51-54-57-60-63-66-69-75(78)81-72-73(71-80-74(77)68-65-62-59-56-53-50-27-24-21-18-15-12-9-6-3)82-76(79)70-67-64-61-58-55-52-48-26-23-20-17-14-11-8-5-2/h24,27,29-30,73H,4-23,25-26,28,31-72H2,1-3H3/b27-24-,30-29-. The lowest BCUT2D eigenvalue weighted by Gasteiger charge is -2.18. The maximum Gasteiger partial charge on any atom is 0.306 e. The van der Waals surface area contributed by atoms with Crippen LogP contribution in [0.5, 0.6) is 0 Å². The number of unbranched alkanes of at least 4 members (excludes halogenated alkanes) is 55. The van der Waals surface area contributed by atoms with E-state index in [1.54, 1.807) is 0 Å². The zero-order chi connectivity index (χ0) is 59.2. The molecule has 0 aromatic heterocycles. The molecule has 0 spiro atoms. The molecule has 0 aliphatic heterocycles. The molecular formula is C76H144O6. The second kappa shape index (κ2) is 71.4. The number of carbonyl (C=O) groups is 3. The van der Waals surface area contributed by atoms with Gasteiger partial charge in [-0.25, -0.2) is 0 Å². The zero-order valence-corrected chi connectivity index (χ0v) is 55.8. The fourth-order valence-corrected chi connectivity index (χ4v) is 11.6. The quantitative estimate of drug-likeness (QED) is 0.0261. The smallest absolute Gasteiger partial charge is 0.306 e. The van der Waals surface area contributed by atoms with Crippen molar-refractivity contribution in [3.05, 3.63) is 24.3 Å². The molecule has 0 aromatic rings. The van der Waals surface area contributed by atoms with E-state index in [2.05, 4.69) is 45.1 Å². The van der Waals surface area contributed by atoms with Crippen LogP contribution in [0.15, 0.2) is 24.3 Å². The third-order valence-corrected chi connectivity index (χ3v) is 17.2. The van der Waals surface area contributed by atoms with E-state index in [0.29, 0.717) is 19.3 Å².